The minimum Gasteiger partial charge on any atom is -0.493 e. The summed E-state index contributed by atoms with van der Waals surface area (Å²) >= 11 is 0. The van der Waals surface area contributed by atoms with Crippen LogP contribution in [0, 0.1) is 5.82 Å². The van der Waals surface area contributed by atoms with E-state index in [0.717, 1.165) is 11.5 Å². The van der Waals surface area contributed by atoms with Crippen LogP contribution in [-0.2, 0) is 4.84 Å². The van der Waals surface area contributed by atoms with E-state index in [1.165, 1.54) is 39.5 Å². The van der Waals surface area contributed by atoms with Crippen molar-refractivity contribution in [3.05, 3.63) is 89.5 Å². The molecule has 0 atom stereocenters. The molecule has 184 valence electrons. The van der Waals surface area contributed by atoms with Crippen LogP contribution in [0.15, 0.2) is 72.0 Å². The van der Waals surface area contributed by atoms with Crippen molar-refractivity contribution >= 4 is 22.5 Å². The van der Waals surface area contributed by atoms with E-state index in [9.17, 15) is 9.18 Å². The summed E-state index contributed by atoms with van der Waals surface area (Å²) in [4.78, 5) is 22.4. The standard InChI is InChI=1S/C27H23FN2O6/c1-32-21-9-8-17(14-22(21)33-2)25(30-36-27(31)18-6-5-7-19(28)12-18)26-20-15-24(35-4)23(34-3)13-16(20)10-11-29-26/h5-15H,1-4H3/b30-25-. The molecule has 9 heteroatoms. The molecule has 36 heavy (non-hydrogen) atoms. The van der Waals surface area contributed by atoms with E-state index in [0.29, 0.717) is 39.6 Å². The molecular formula is C27H23FN2O6. The lowest BCUT2D eigenvalue weighted by atomic mass is 10.0. The summed E-state index contributed by atoms with van der Waals surface area (Å²) in [5, 5.41) is 5.63. The first-order chi connectivity index (χ1) is 17.5. The van der Waals surface area contributed by atoms with Gasteiger partial charge in [0.2, 0.25) is 0 Å². The molecule has 0 bridgehead atoms. The van der Waals surface area contributed by atoms with Crippen LogP contribution in [0.1, 0.15) is 21.6 Å². The molecule has 0 aliphatic rings. The molecule has 0 N–H and O–H groups in total. The van der Waals surface area contributed by atoms with Gasteiger partial charge in [0.15, 0.2) is 23.0 Å². The second-order valence-corrected chi connectivity index (χ2v) is 7.49. The van der Waals surface area contributed by atoms with E-state index in [4.69, 9.17) is 23.8 Å². The van der Waals surface area contributed by atoms with Crippen molar-refractivity contribution in [2.24, 2.45) is 5.16 Å². The molecule has 3 aromatic carbocycles. The zero-order chi connectivity index (χ0) is 25.7. The molecule has 0 amide bonds. The molecule has 0 aliphatic carbocycles. The molecule has 0 aliphatic heterocycles. The van der Waals surface area contributed by atoms with Gasteiger partial charge in [-0.05, 0) is 60.0 Å². The van der Waals surface area contributed by atoms with Gasteiger partial charge in [0.1, 0.15) is 17.2 Å². The van der Waals surface area contributed by atoms with Crippen molar-refractivity contribution in [1.29, 1.82) is 0 Å². The first kappa shape index (κ1) is 24.5. The number of carbonyl (C=O) groups excluding carboxylic acids is 1. The monoisotopic (exact) mass is 490 g/mol. The number of nitrogens with zero attached hydrogens (tertiary/aromatic N) is 2. The largest absolute Gasteiger partial charge is 0.493 e. The molecular weight excluding hydrogens is 467 g/mol. The van der Waals surface area contributed by atoms with Crippen molar-refractivity contribution in [2.75, 3.05) is 28.4 Å². The van der Waals surface area contributed by atoms with Crippen LogP contribution >= 0.6 is 0 Å². The molecule has 0 saturated heterocycles. The van der Waals surface area contributed by atoms with Crippen molar-refractivity contribution in [1.82, 2.24) is 4.98 Å². The molecule has 0 spiro atoms. The lowest BCUT2D eigenvalue weighted by molar-refractivity contribution is 0.0516. The zero-order valence-corrected chi connectivity index (χ0v) is 20.1. The Morgan fingerprint density at radius 3 is 2.17 bits per heavy atom. The van der Waals surface area contributed by atoms with Crippen LogP contribution in [0.3, 0.4) is 0 Å². The predicted molar refractivity (Wildman–Crippen MR) is 132 cm³/mol. The fourth-order valence-electron chi connectivity index (χ4n) is 3.66. The minimum absolute atomic E-state index is 0.0164. The lowest BCUT2D eigenvalue weighted by Crippen LogP contribution is -2.11. The van der Waals surface area contributed by atoms with Gasteiger partial charge in [0.05, 0.1) is 34.0 Å². The van der Waals surface area contributed by atoms with Gasteiger partial charge in [-0.15, -0.1) is 0 Å². The van der Waals surface area contributed by atoms with E-state index in [2.05, 4.69) is 10.1 Å². The first-order valence-electron chi connectivity index (χ1n) is 10.8. The molecule has 1 aromatic heterocycles. The minimum atomic E-state index is -0.827. The number of oxime groups is 1. The van der Waals surface area contributed by atoms with E-state index in [1.54, 1.807) is 37.6 Å². The van der Waals surface area contributed by atoms with Crippen LogP contribution in [0.25, 0.3) is 10.8 Å². The molecule has 0 radical (unpaired) electrons. The average Bonchev–Trinajstić information content (AvgIpc) is 2.92. The number of hydrogen-bond acceptors (Lipinski definition) is 8. The molecule has 4 rings (SSSR count). The van der Waals surface area contributed by atoms with Crippen molar-refractivity contribution in [3.63, 3.8) is 0 Å². The number of aromatic nitrogens is 1. The Labute approximate surface area is 206 Å². The maximum Gasteiger partial charge on any atom is 0.365 e. The van der Waals surface area contributed by atoms with Crippen LogP contribution in [0.5, 0.6) is 23.0 Å². The van der Waals surface area contributed by atoms with Crippen molar-refractivity contribution in [2.45, 2.75) is 0 Å². The highest BCUT2D eigenvalue weighted by Crippen LogP contribution is 2.35. The first-order valence-corrected chi connectivity index (χ1v) is 10.8. The number of halogens is 1. The Kier molecular flexibility index (Phi) is 7.29. The molecule has 8 nitrogen and oxygen atoms in total. The topological polar surface area (TPSA) is 88.5 Å². The summed E-state index contributed by atoms with van der Waals surface area (Å²) in [5.74, 6) is 0.595. The van der Waals surface area contributed by atoms with Crippen LogP contribution in [0.4, 0.5) is 4.39 Å². The van der Waals surface area contributed by atoms with Gasteiger partial charge in [-0.2, -0.15) is 0 Å². The number of ether oxygens (including phenoxy) is 4. The van der Waals surface area contributed by atoms with E-state index in [1.807, 2.05) is 12.1 Å². The van der Waals surface area contributed by atoms with E-state index in [-0.39, 0.29) is 11.3 Å². The highest BCUT2D eigenvalue weighted by Gasteiger charge is 2.19. The number of pyridine rings is 1. The number of rotatable bonds is 8. The SMILES string of the molecule is COc1ccc(/C(=N/OC(=O)c2cccc(F)c2)c2nccc3cc(OC)c(OC)cc23)cc1OC. The zero-order valence-electron chi connectivity index (χ0n) is 20.1. The van der Waals surface area contributed by atoms with Crippen molar-refractivity contribution < 1.29 is 33.0 Å². The van der Waals surface area contributed by atoms with Crippen LogP contribution in [-0.4, -0.2) is 45.1 Å². The van der Waals surface area contributed by atoms with Gasteiger partial charge >= 0.3 is 5.97 Å². The third-order valence-electron chi connectivity index (χ3n) is 5.43. The third-order valence-corrected chi connectivity index (χ3v) is 5.43. The molecule has 4 aromatic rings. The molecule has 0 unspecified atom stereocenters. The average molecular weight is 490 g/mol. The number of hydrogen-bond donors (Lipinski definition) is 0. The summed E-state index contributed by atoms with van der Waals surface area (Å²) in [5.41, 5.74) is 1.20. The Balaban J connectivity index is 1.89. The van der Waals surface area contributed by atoms with Gasteiger partial charge in [-0.25, -0.2) is 9.18 Å². The Hall–Kier alpha value is -4.66. The van der Waals surface area contributed by atoms with E-state index >= 15 is 0 Å². The summed E-state index contributed by atoms with van der Waals surface area (Å²) in [6.45, 7) is 0. The fourth-order valence-corrected chi connectivity index (χ4v) is 3.66. The second-order valence-electron chi connectivity index (χ2n) is 7.49. The third kappa shape index (κ3) is 4.90. The maximum atomic E-state index is 13.6. The van der Waals surface area contributed by atoms with Crippen molar-refractivity contribution in [3.8, 4) is 23.0 Å². The summed E-state index contributed by atoms with van der Waals surface area (Å²) in [6, 6.07) is 15.7. The molecule has 0 fully saturated rings. The predicted octanol–water partition coefficient (Wildman–Crippen LogP) is 5.02. The number of methoxy groups -OCH3 is 4. The van der Waals surface area contributed by atoms with E-state index < -0.39 is 11.8 Å². The highest BCUT2D eigenvalue weighted by molar-refractivity contribution is 6.18. The Bertz CT molecular complexity index is 1450. The van der Waals surface area contributed by atoms with Gasteiger partial charge in [-0.3, -0.25) is 4.98 Å². The van der Waals surface area contributed by atoms with Crippen LogP contribution in [0.2, 0.25) is 0 Å². The summed E-state index contributed by atoms with van der Waals surface area (Å²) in [6.07, 6.45) is 1.61. The van der Waals surface area contributed by atoms with Gasteiger partial charge < -0.3 is 23.8 Å². The molecule has 0 saturated carbocycles. The maximum absolute atomic E-state index is 13.6. The normalized spacial score (nSPS) is 11.2. The second kappa shape index (κ2) is 10.7. The smallest absolute Gasteiger partial charge is 0.365 e. The fraction of sp³-hybridized carbons (Fsp3) is 0.148. The number of benzene rings is 3. The quantitative estimate of drug-likeness (QED) is 0.195. The van der Waals surface area contributed by atoms with Crippen LogP contribution < -0.4 is 18.9 Å². The Morgan fingerprint density at radius 1 is 0.778 bits per heavy atom. The number of carbonyl (C=O) groups is 1. The Morgan fingerprint density at radius 2 is 1.47 bits per heavy atom. The summed E-state index contributed by atoms with van der Waals surface area (Å²) in [7, 11) is 6.12. The highest BCUT2D eigenvalue weighted by atomic mass is 19.1. The molecule has 1 heterocycles. The lowest BCUT2D eigenvalue weighted by Gasteiger charge is -2.14. The van der Waals surface area contributed by atoms with Gasteiger partial charge in [0, 0.05) is 17.1 Å². The number of fused-ring (bicyclic) bond motifs is 1. The van der Waals surface area contributed by atoms with Gasteiger partial charge in [-0.1, -0.05) is 11.2 Å². The van der Waals surface area contributed by atoms with Gasteiger partial charge in [0.25, 0.3) is 0 Å². The summed E-state index contributed by atoms with van der Waals surface area (Å²) < 4.78 is 35.3.